The first kappa shape index (κ1) is 12.6. The molecule has 0 aromatic heterocycles. The molecule has 0 bridgehead atoms. The van der Waals surface area contributed by atoms with Crippen LogP contribution in [-0.2, 0) is 13.6 Å². The summed E-state index contributed by atoms with van der Waals surface area (Å²) in [6.45, 7) is 5.94. The van der Waals surface area contributed by atoms with Gasteiger partial charge in [-0.25, -0.2) is 0 Å². The van der Waals surface area contributed by atoms with E-state index in [1.54, 1.807) is 0 Å². The molecule has 5 heteroatoms. The van der Waals surface area contributed by atoms with E-state index in [2.05, 4.69) is 0 Å². The summed E-state index contributed by atoms with van der Waals surface area (Å²) in [5.74, 6) is 0.327. The van der Waals surface area contributed by atoms with Gasteiger partial charge in [-0.1, -0.05) is 13.8 Å². The molecule has 0 amide bonds. The van der Waals surface area contributed by atoms with Crippen LogP contribution in [0.15, 0.2) is 0 Å². The van der Waals surface area contributed by atoms with Crippen molar-refractivity contribution in [1.82, 2.24) is 0 Å². The number of hydrogen-bond acceptors (Lipinski definition) is 4. The maximum atomic E-state index is 11.4. The van der Waals surface area contributed by atoms with Crippen molar-refractivity contribution < 1.29 is 13.6 Å². The van der Waals surface area contributed by atoms with Gasteiger partial charge in [0.05, 0.1) is 25.7 Å². The Morgan fingerprint density at radius 2 is 2.08 bits per heavy atom. The third-order valence-electron chi connectivity index (χ3n) is 1.18. The van der Waals surface area contributed by atoms with Gasteiger partial charge in [0.25, 0.3) is 0 Å². The van der Waals surface area contributed by atoms with E-state index in [1.165, 1.54) is 6.66 Å². The highest BCUT2D eigenvalue weighted by Crippen LogP contribution is 2.44. The molecule has 0 spiro atoms. The predicted octanol–water partition coefficient (Wildman–Crippen LogP) is 2.41. The zero-order valence-electron chi connectivity index (χ0n) is 8.32. The largest absolute Gasteiger partial charge is 0.327 e. The summed E-state index contributed by atoms with van der Waals surface area (Å²) in [7, 11) is -2.93. The van der Waals surface area contributed by atoms with Crippen LogP contribution in [0.4, 0.5) is 0 Å². The molecule has 1 atom stereocenters. The minimum absolute atomic E-state index is 0.169. The Hall–Kier alpha value is -0.360. The fourth-order valence-corrected chi connectivity index (χ4v) is 1.65. The number of hydrogen-bond donors (Lipinski definition) is 0. The van der Waals surface area contributed by atoms with Crippen LogP contribution < -0.4 is 0 Å². The van der Waals surface area contributed by atoms with Gasteiger partial charge in [-0.3, -0.25) is 4.57 Å². The predicted molar refractivity (Wildman–Crippen MR) is 50.5 cm³/mol. The molecule has 0 aromatic rings. The first-order valence-corrected chi connectivity index (χ1v) is 6.20. The average Bonchev–Trinajstić information content (AvgIpc) is 2.02. The Labute approximate surface area is 79.4 Å². The van der Waals surface area contributed by atoms with Crippen molar-refractivity contribution in [3.8, 4) is 6.07 Å². The zero-order chi connectivity index (χ0) is 10.3. The Morgan fingerprint density at radius 3 is 2.54 bits per heavy atom. The molecule has 0 heterocycles. The Morgan fingerprint density at radius 1 is 1.46 bits per heavy atom. The van der Waals surface area contributed by atoms with E-state index < -0.39 is 7.60 Å². The van der Waals surface area contributed by atoms with Gasteiger partial charge in [0.1, 0.15) is 0 Å². The molecule has 0 saturated carbocycles. The van der Waals surface area contributed by atoms with E-state index in [0.29, 0.717) is 12.5 Å². The van der Waals surface area contributed by atoms with Gasteiger partial charge in [-0.2, -0.15) is 5.26 Å². The van der Waals surface area contributed by atoms with Crippen LogP contribution in [0.3, 0.4) is 0 Å². The summed E-state index contributed by atoms with van der Waals surface area (Å²) in [6, 6.07) is 1.90. The van der Waals surface area contributed by atoms with E-state index in [4.69, 9.17) is 14.3 Å². The van der Waals surface area contributed by atoms with Crippen molar-refractivity contribution in [2.45, 2.75) is 20.3 Å². The van der Waals surface area contributed by atoms with Crippen molar-refractivity contribution in [3.63, 3.8) is 0 Å². The topological polar surface area (TPSA) is 59.3 Å². The molecule has 76 valence electrons. The molecule has 4 nitrogen and oxygen atoms in total. The first-order chi connectivity index (χ1) is 5.98. The molecular weight excluding hydrogens is 189 g/mol. The Kier molecular flexibility index (Phi) is 5.98. The lowest BCUT2D eigenvalue weighted by Crippen LogP contribution is -2.02. The smallest absolute Gasteiger partial charge is 0.308 e. The van der Waals surface area contributed by atoms with Gasteiger partial charge in [-0.05, 0) is 5.92 Å². The molecule has 0 aliphatic heterocycles. The molecule has 0 radical (unpaired) electrons. The van der Waals surface area contributed by atoms with Crippen LogP contribution in [0.25, 0.3) is 0 Å². The third-order valence-corrected chi connectivity index (χ3v) is 2.45. The van der Waals surface area contributed by atoms with Crippen molar-refractivity contribution in [2.24, 2.45) is 5.92 Å². The van der Waals surface area contributed by atoms with Crippen molar-refractivity contribution in [2.75, 3.05) is 19.9 Å². The summed E-state index contributed by atoms with van der Waals surface area (Å²) in [4.78, 5) is 0. The lowest BCUT2D eigenvalue weighted by Gasteiger charge is -2.14. The molecule has 0 rings (SSSR count). The molecule has 0 aliphatic rings. The van der Waals surface area contributed by atoms with Crippen LogP contribution >= 0.6 is 7.60 Å². The normalized spacial score (nSPS) is 15.3. The van der Waals surface area contributed by atoms with Gasteiger partial charge in [0, 0.05) is 6.66 Å². The first-order valence-electron chi connectivity index (χ1n) is 4.21. The summed E-state index contributed by atoms with van der Waals surface area (Å²) in [5.41, 5.74) is 0. The van der Waals surface area contributed by atoms with E-state index in [0.717, 1.165) is 0 Å². The second-order valence-electron chi connectivity index (χ2n) is 3.20. The van der Waals surface area contributed by atoms with Crippen molar-refractivity contribution >= 4 is 7.60 Å². The lowest BCUT2D eigenvalue weighted by molar-refractivity contribution is 0.194. The van der Waals surface area contributed by atoms with Crippen LogP contribution in [0.1, 0.15) is 20.3 Å². The molecule has 0 fully saturated rings. The summed E-state index contributed by atoms with van der Waals surface area (Å²) < 4.78 is 21.4. The molecule has 0 saturated heterocycles. The number of rotatable bonds is 6. The van der Waals surface area contributed by atoms with E-state index in [1.807, 2.05) is 19.9 Å². The summed E-state index contributed by atoms with van der Waals surface area (Å²) >= 11 is 0. The second-order valence-corrected chi connectivity index (χ2v) is 5.26. The summed E-state index contributed by atoms with van der Waals surface area (Å²) in [5, 5.41) is 8.22. The SMILES string of the molecule is CC(C)COP(C)(=O)OCCC#N. The van der Waals surface area contributed by atoms with Gasteiger partial charge in [0.15, 0.2) is 0 Å². The van der Waals surface area contributed by atoms with Crippen molar-refractivity contribution in [1.29, 1.82) is 5.26 Å². The second kappa shape index (κ2) is 6.15. The molecule has 1 unspecified atom stereocenters. The average molecular weight is 205 g/mol. The molecule has 13 heavy (non-hydrogen) atoms. The molecule has 0 aliphatic carbocycles. The van der Waals surface area contributed by atoms with Crippen molar-refractivity contribution in [3.05, 3.63) is 0 Å². The van der Waals surface area contributed by atoms with Crippen LogP contribution in [0, 0.1) is 17.2 Å². The van der Waals surface area contributed by atoms with Gasteiger partial charge >= 0.3 is 7.60 Å². The highest BCUT2D eigenvalue weighted by molar-refractivity contribution is 7.52. The maximum absolute atomic E-state index is 11.4. The van der Waals surface area contributed by atoms with Gasteiger partial charge in [-0.15, -0.1) is 0 Å². The Bertz CT molecular complexity index is 222. The fraction of sp³-hybridized carbons (Fsp3) is 0.875. The highest BCUT2D eigenvalue weighted by Gasteiger charge is 2.16. The zero-order valence-corrected chi connectivity index (χ0v) is 9.21. The fourth-order valence-electron chi connectivity index (χ4n) is 0.579. The molecule has 0 N–H and O–H groups in total. The third kappa shape index (κ3) is 7.98. The van der Waals surface area contributed by atoms with Gasteiger partial charge in [0.2, 0.25) is 0 Å². The van der Waals surface area contributed by atoms with Gasteiger partial charge < -0.3 is 9.05 Å². The van der Waals surface area contributed by atoms with E-state index >= 15 is 0 Å². The number of nitrogens with zero attached hydrogens (tertiary/aromatic N) is 1. The highest BCUT2D eigenvalue weighted by atomic mass is 31.2. The number of nitriles is 1. The van der Waals surface area contributed by atoms with E-state index in [9.17, 15) is 4.57 Å². The minimum Gasteiger partial charge on any atom is -0.308 e. The maximum Gasteiger partial charge on any atom is 0.327 e. The summed E-state index contributed by atoms with van der Waals surface area (Å²) in [6.07, 6.45) is 0.239. The van der Waals surface area contributed by atoms with Crippen LogP contribution in [-0.4, -0.2) is 19.9 Å². The Balaban J connectivity index is 3.68. The quantitative estimate of drug-likeness (QED) is 0.493. The van der Waals surface area contributed by atoms with Crippen LogP contribution in [0.2, 0.25) is 0 Å². The minimum atomic E-state index is -2.93. The monoisotopic (exact) mass is 205 g/mol. The molecule has 0 aromatic carbocycles. The van der Waals surface area contributed by atoms with Crippen LogP contribution in [0.5, 0.6) is 0 Å². The standard InChI is InChI=1S/C8H16NO3P/c1-8(2)7-12-13(3,10)11-6-4-5-9/h8H,4,6-7H2,1-3H3. The lowest BCUT2D eigenvalue weighted by atomic mass is 10.2. The molecular formula is C8H16NO3P. The van der Waals surface area contributed by atoms with E-state index in [-0.39, 0.29) is 13.0 Å².